The highest BCUT2D eigenvalue weighted by atomic mass is 35.5. The number of nitrogens with zero attached hydrogens (tertiary/aromatic N) is 5. The van der Waals surface area contributed by atoms with Gasteiger partial charge in [-0.15, -0.1) is 0 Å². The molecule has 0 amide bonds. The van der Waals surface area contributed by atoms with E-state index in [1.54, 1.807) is 18.4 Å². The largest absolute Gasteiger partial charge is 0.444 e. The summed E-state index contributed by atoms with van der Waals surface area (Å²) in [5, 5.41) is 30.6. The van der Waals surface area contributed by atoms with Gasteiger partial charge in [0.15, 0.2) is 0 Å². The molecule has 0 aliphatic heterocycles. The van der Waals surface area contributed by atoms with E-state index < -0.39 is 0 Å². The normalized spacial score (nSPS) is 10.7. The maximum absolute atomic E-state index is 10.2. The predicted octanol–water partition coefficient (Wildman–Crippen LogP) is 6.47. The summed E-state index contributed by atoms with van der Waals surface area (Å²) in [6.07, 6.45) is 3.03. The Morgan fingerprint density at radius 1 is 1.00 bits per heavy atom. The number of nitriles is 2. The van der Waals surface area contributed by atoms with E-state index in [-0.39, 0.29) is 6.61 Å². The summed E-state index contributed by atoms with van der Waals surface area (Å²) in [5.41, 5.74) is 4.66. The van der Waals surface area contributed by atoms with E-state index in [0.717, 1.165) is 23.1 Å². The second-order valence-corrected chi connectivity index (χ2v) is 9.97. The monoisotopic (exact) mass is 543 g/mol. The van der Waals surface area contributed by atoms with Crippen molar-refractivity contribution in [1.29, 1.82) is 10.5 Å². The van der Waals surface area contributed by atoms with Gasteiger partial charge in [-0.2, -0.15) is 10.5 Å². The first kappa shape index (κ1) is 27.2. The van der Waals surface area contributed by atoms with E-state index in [4.69, 9.17) is 26.1 Å². The molecule has 0 fully saturated rings. The molecule has 2 heterocycles. The fraction of sp³-hybridized carbons (Fsp3) is 0.241. The number of benzene rings is 2. The zero-order valence-electron chi connectivity index (χ0n) is 21.1. The highest BCUT2D eigenvalue weighted by molar-refractivity contribution is 7.98. The van der Waals surface area contributed by atoms with Crippen LogP contribution in [0.1, 0.15) is 35.7 Å². The van der Waals surface area contributed by atoms with Crippen molar-refractivity contribution in [3.05, 3.63) is 82.2 Å². The van der Waals surface area contributed by atoms with Crippen molar-refractivity contribution < 1.29 is 9.52 Å². The molecule has 7 nitrogen and oxygen atoms in total. The summed E-state index contributed by atoms with van der Waals surface area (Å²) in [4.78, 5) is 11.2. The van der Waals surface area contributed by atoms with Gasteiger partial charge < -0.3 is 14.4 Å². The van der Waals surface area contributed by atoms with Gasteiger partial charge >= 0.3 is 0 Å². The summed E-state index contributed by atoms with van der Waals surface area (Å²) in [6.45, 7) is 2.76. The Hall–Kier alpha value is -3.82. The van der Waals surface area contributed by atoms with Crippen LogP contribution >= 0.6 is 23.4 Å². The molecule has 0 aliphatic rings. The molecule has 0 radical (unpaired) electrons. The second kappa shape index (κ2) is 12.6. The van der Waals surface area contributed by atoms with Gasteiger partial charge in [-0.3, -0.25) is 0 Å². The van der Waals surface area contributed by atoms with Crippen LogP contribution in [0.4, 0.5) is 5.82 Å². The molecule has 4 rings (SSSR count). The van der Waals surface area contributed by atoms with Crippen molar-refractivity contribution in [2.45, 2.75) is 30.5 Å². The molecule has 192 valence electrons. The summed E-state index contributed by atoms with van der Waals surface area (Å²) < 4.78 is 5.66. The minimum absolute atomic E-state index is 0.128. The zero-order valence-corrected chi connectivity index (χ0v) is 22.7. The number of thioether (sulfide) groups is 1. The Kier molecular flexibility index (Phi) is 9.04. The Morgan fingerprint density at radius 2 is 1.68 bits per heavy atom. The van der Waals surface area contributed by atoms with Crippen LogP contribution in [0.25, 0.3) is 22.6 Å². The summed E-state index contributed by atoms with van der Waals surface area (Å²) in [6, 6.07) is 19.6. The molecule has 9 heteroatoms. The van der Waals surface area contributed by atoms with E-state index in [1.165, 1.54) is 11.8 Å². The predicted molar refractivity (Wildman–Crippen MR) is 150 cm³/mol. The third kappa shape index (κ3) is 6.00. The standard InChI is InChI=1S/C29H26ClN5O2S/c1-3-35(2)27-24(15-31)26(20-8-6-19(7-9-20)5-4-14-36)25(16-32)29(34-27)38-18-23-17-37-28(33-23)21-10-12-22(30)13-11-21/h6-13,17,36H,3-5,14,18H2,1-2H3. The van der Waals surface area contributed by atoms with Crippen LogP contribution in [0.5, 0.6) is 0 Å². The molecule has 0 unspecified atom stereocenters. The van der Waals surface area contributed by atoms with Crippen molar-refractivity contribution >= 4 is 29.2 Å². The lowest BCUT2D eigenvalue weighted by molar-refractivity contribution is 0.288. The Labute approximate surface area is 231 Å². The number of halogens is 1. The molecule has 1 N–H and O–H groups in total. The molecule has 2 aromatic carbocycles. The fourth-order valence-electron chi connectivity index (χ4n) is 3.94. The first-order chi connectivity index (χ1) is 18.5. The summed E-state index contributed by atoms with van der Waals surface area (Å²) >= 11 is 7.36. The van der Waals surface area contributed by atoms with E-state index in [9.17, 15) is 10.5 Å². The van der Waals surface area contributed by atoms with Crippen LogP contribution in [0, 0.1) is 22.7 Å². The number of hydrogen-bond donors (Lipinski definition) is 1. The minimum atomic E-state index is 0.128. The van der Waals surface area contributed by atoms with Crippen LogP contribution in [-0.4, -0.2) is 35.3 Å². The number of rotatable bonds is 10. The molecule has 4 aromatic rings. The Balaban J connectivity index is 1.71. The lowest BCUT2D eigenvalue weighted by Crippen LogP contribution is -2.20. The van der Waals surface area contributed by atoms with Gasteiger partial charge in [-0.1, -0.05) is 47.6 Å². The third-order valence-corrected chi connectivity index (χ3v) is 7.33. The summed E-state index contributed by atoms with van der Waals surface area (Å²) in [7, 11) is 1.88. The number of oxazole rings is 1. The van der Waals surface area contributed by atoms with E-state index >= 15 is 0 Å². The zero-order chi connectivity index (χ0) is 27.1. The number of aromatic nitrogens is 2. The van der Waals surface area contributed by atoms with Gasteiger partial charge in [0.25, 0.3) is 0 Å². The van der Waals surface area contributed by atoms with Crippen LogP contribution in [0.15, 0.2) is 64.2 Å². The highest BCUT2D eigenvalue weighted by Crippen LogP contribution is 2.38. The molecule has 0 aliphatic carbocycles. The Morgan fingerprint density at radius 3 is 2.32 bits per heavy atom. The first-order valence-electron chi connectivity index (χ1n) is 12.1. The van der Waals surface area contributed by atoms with Crippen molar-refractivity contribution in [3.63, 3.8) is 0 Å². The highest BCUT2D eigenvalue weighted by Gasteiger charge is 2.23. The van der Waals surface area contributed by atoms with Crippen molar-refractivity contribution in [2.75, 3.05) is 25.1 Å². The molecular weight excluding hydrogens is 518 g/mol. The maximum Gasteiger partial charge on any atom is 0.226 e. The lowest BCUT2D eigenvalue weighted by atomic mass is 9.95. The van der Waals surface area contributed by atoms with Crippen molar-refractivity contribution in [2.24, 2.45) is 0 Å². The van der Waals surface area contributed by atoms with Crippen molar-refractivity contribution in [3.8, 4) is 34.7 Å². The number of aliphatic hydroxyl groups is 1. The van der Waals surface area contributed by atoms with Gasteiger partial charge in [-0.05, 0) is 55.2 Å². The quantitative estimate of drug-likeness (QED) is 0.226. The van der Waals surface area contributed by atoms with Crippen molar-refractivity contribution in [1.82, 2.24) is 9.97 Å². The lowest BCUT2D eigenvalue weighted by Gasteiger charge is -2.21. The average Bonchev–Trinajstić information content (AvgIpc) is 3.43. The topological polar surface area (TPSA) is 110 Å². The second-order valence-electron chi connectivity index (χ2n) is 8.57. The molecule has 2 aromatic heterocycles. The van der Waals surface area contributed by atoms with Gasteiger partial charge in [0.2, 0.25) is 5.89 Å². The summed E-state index contributed by atoms with van der Waals surface area (Å²) in [5.74, 6) is 1.44. The minimum Gasteiger partial charge on any atom is -0.444 e. The average molecular weight is 544 g/mol. The number of hydrogen-bond acceptors (Lipinski definition) is 8. The molecule has 0 saturated carbocycles. The molecule has 0 saturated heterocycles. The first-order valence-corrected chi connectivity index (χ1v) is 13.5. The smallest absolute Gasteiger partial charge is 0.226 e. The molecular formula is C29H26ClN5O2S. The molecule has 0 spiro atoms. The van der Waals surface area contributed by atoms with Gasteiger partial charge in [0, 0.05) is 42.1 Å². The Bertz CT molecular complexity index is 1490. The number of pyridine rings is 1. The van der Waals surface area contributed by atoms with E-state index in [0.29, 0.717) is 62.9 Å². The van der Waals surface area contributed by atoms with Crippen LogP contribution in [0.3, 0.4) is 0 Å². The number of aryl methyl sites for hydroxylation is 1. The molecule has 0 atom stereocenters. The number of anilines is 1. The van der Waals surface area contributed by atoms with Crippen LogP contribution < -0.4 is 4.90 Å². The van der Waals surface area contributed by atoms with E-state index in [2.05, 4.69) is 17.1 Å². The maximum atomic E-state index is 10.2. The van der Waals surface area contributed by atoms with Crippen LogP contribution in [0.2, 0.25) is 5.02 Å². The van der Waals surface area contributed by atoms with Crippen LogP contribution in [-0.2, 0) is 12.2 Å². The van der Waals surface area contributed by atoms with E-state index in [1.807, 2.05) is 55.3 Å². The third-order valence-electron chi connectivity index (χ3n) is 6.07. The fourth-order valence-corrected chi connectivity index (χ4v) is 4.93. The number of aliphatic hydroxyl groups excluding tert-OH is 1. The van der Waals surface area contributed by atoms with Gasteiger partial charge in [-0.25, -0.2) is 9.97 Å². The van der Waals surface area contributed by atoms with Gasteiger partial charge in [0.05, 0.1) is 11.3 Å². The molecule has 0 bridgehead atoms. The molecule has 38 heavy (non-hydrogen) atoms. The SMILES string of the molecule is CCN(C)c1nc(SCc2coc(-c3ccc(Cl)cc3)n2)c(C#N)c(-c2ccc(CCCO)cc2)c1C#N. The van der Waals surface area contributed by atoms with Gasteiger partial charge in [0.1, 0.15) is 34.8 Å².